The second-order valence-corrected chi connectivity index (χ2v) is 1.80. The van der Waals surface area contributed by atoms with Crippen LogP contribution in [0.2, 0.25) is 0 Å². The van der Waals surface area contributed by atoms with Crippen molar-refractivity contribution in [3.05, 3.63) is 12.3 Å². The number of hydrogen-bond donors (Lipinski definition) is 1. The third kappa shape index (κ3) is 22.7. The van der Waals surface area contributed by atoms with Crippen molar-refractivity contribution in [1.82, 2.24) is 0 Å². The zero-order chi connectivity index (χ0) is 9.66. The lowest BCUT2D eigenvalue weighted by atomic mass is 10.5. The topological polar surface area (TPSA) is 58.6 Å². The fraction of sp³-hybridized carbons (Fsp3) is 0.750. The summed E-state index contributed by atoms with van der Waals surface area (Å²) >= 11 is 0. The van der Waals surface area contributed by atoms with E-state index < -0.39 is 0 Å². The number of hydrogen-bond acceptors (Lipinski definition) is 3. The highest BCUT2D eigenvalue weighted by Gasteiger charge is 1.73. The van der Waals surface area contributed by atoms with Gasteiger partial charge in [-0.25, -0.2) is 0 Å². The Balaban J connectivity index is 0. The van der Waals surface area contributed by atoms with Gasteiger partial charge in [-0.1, -0.05) is 6.92 Å². The van der Waals surface area contributed by atoms with Gasteiger partial charge in [-0.2, -0.15) is 0 Å². The monoisotopic (exact) mass is 177 g/mol. The molecule has 0 heterocycles. The van der Waals surface area contributed by atoms with Crippen molar-refractivity contribution < 1.29 is 20.0 Å². The molecule has 0 bridgehead atoms. The minimum Gasteiger partial charge on any atom is -0.394 e. The molecule has 0 fully saturated rings. The predicted molar refractivity (Wildman–Crippen MR) is 44.8 cm³/mol. The van der Waals surface area contributed by atoms with Crippen LogP contribution in [-0.4, -0.2) is 24.9 Å². The van der Waals surface area contributed by atoms with E-state index in [0.29, 0.717) is 13.2 Å². The molecule has 1 N–H and O–H groups in total. The van der Waals surface area contributed by atoms with E-state index in [1.54, 1.807) is 6.08 Å². The summed E-state index contributed by atoms with van der Waals surface area (Å²) in [6.45, 7) is 5.12. The second kappa shape index (κ2) is 16.8. The summed E-state index contributed by atoms with van der Waals surface area (Å²) in [4.78, 5) is 3.35. The van der Waals surface area contributed by atoms with Gasteiger partial charge in [-0.05, 0) is 19.4 Å². The van der Waals surface area contributed by atoms with Gasteiger partial charge in [-0.3, -0.25) is 0 Å². The molecule has 0 amide bonds. The highest BCUT2D eigenvalue weighted by Crippen LogP contribution is 1.76. The lowest BCUT2D eigenvalue weighted by molar-refractivity contribution is -0.254. The average Bonchev–Trinajstić information content (AvgIpc) is 2.12. The molecular weight excluding hydrogens is 160 g/mol. The maximum Gasteiger partial charge on any atom is 0.129 e. The van der Waals surface area contributed by atoms with Crippen LogP contribution in [-0.2, 0) is 14.9 Å². The van der Waals surface area contributed by atoms with Crippen molar-refractivity contribution in [2.24, 2.45) is 0 Å². The van der Waals surface area contributed by atoms with Crippen molar-refractivity contribution >= 4 is 0 Å². The summed E-state index contributed by atoms with van der Waals surface area (Å²) in [5, 5.41) is 17.2. The van der Waals surface area contributed by atoms with Gasteiger partial charge in [0.1, 0.15) is 6.26 Å². The summed E-state index contributed by atoms with van der Waals surface area (Å²) in [6.07, 6.45) is 3.62. The summed E-state index contributed by atoms with van der Waals surface area (Å²) < 4.78 is 4.73. The van der Waals surface area contributed by atoms with E-state index in [9.17, 15) is 0 Å². The van der Waals surface area contributed by atoms with Gasteiger partial charge in [0.2, 0.25) is 0 Å². The molecule has 0 aliphatic heterocycles. The fourth-order valence-electron chi connectivity index (χ4n) is 0.344. The normalized spacial score (nSPS) is 9.33. The van der Waals surface area contributed by atoms with Gasteiger partial charge >= 0.3 is 0 Å². The van der Waals surface area contributed by atoms with Crippen molar-refractivity contribution in [2.75, 3.05) is 19.8 Å². The standard InChI is InChI=1S/C4H10O2.C4H7O2/c1-2-6-4-3-5;1-2-3-4-6-5/h5H,2-4H2,1H3;3-4H,2H2,1H3. The predicted octanol–water partition coefficient (Wildman–Crippen LogP) is 1.29. The summed E-state index contributed by atoms with van der Waals surface area (Å²) in [6, 6.07) is 0. The molecule has 0 rings (SSSR count). The van der Waals surface area contributed by atoms with Crippen LogP contribution in [0.1, 0.15) is 20.3 Å². The van der Waals surface area contributed by atoms with Crippen molar-refractivity contribution in [2.45, 2.75) is 20.3 Å². The number of aliphatic hydroxyl groups excluding tert-OH is 1. The molecule has 1 radical (unpaired) electrons. The summed E-state index contributed by atoms with van der Waals surface area (Å²) in [5.74, 6) is 0. The van der Waals surface area contributed by atoms with E-state index in [1.807, 2.05) is 13.8 Å². The van der Waals surface area contributed by atoms with Crippen LogP contribution < -0.4 is 0 Å². The van der Waals surface area contributed by atoms with Crippen LogP contribution in [0.4, 0.5) is 0 Å². The summed E-state index contributed by atoms with van der Waals surface area (Å²) in [5.41, 5.74) is 0. The van der Waals surface area contributed by atoms with Gasteiger partial charge in [0.05, 0.1) is 13.2 Å². The van der Waals surface area contributed by atoms with Crippen molar-refractivity contribution in [3.8, 4) is 0 Å². The van der Waals surface area contributed by atoms with Gasteiger partial charge in [-0.15, -0.1) is 0 Å². The Morgan fingerprint density at radius 2 is 2.08 bits per heavy atom. The molecule has 4 nitrogen and oxygen atoms in total. The minimum absolute atomic E-state index is 0.133. The number of allylic oxidation sites excluding steroid dienone is 1. The third-order valence-corrected chi connectivity index (χ3v) is 0.827. The molecule has 0 unspecified atom stereocenters. The zero-order valence-electron chi connectivity index (χ0n) is 7.66. The van der Waals surface area contributed by atoms with Crippen LogP contribution in [0.25, 0.3) is 0 Å². The van der Waals surface area contributed by atoms with Crippen molar-refractivity contribution in [3.63, 3.8) is 0 Å². The quantitative estimate of drug-likeness (QED) is 0.298. The first-order chi connectivity index (χ1) is 5.83. The Kier molecular flexibility index (Phi) is 19.6. The maximum absolute atomic E-state index is 9.10. The highest BCUT2D eigenvalue weighted by atomic mass is 17.1. The van der Waals surface area contributed by atoms with Gasteiger partial charge < -0.3 is 14.7 Å². The molecule has 73 valence electrons. The second-order valence-electron chi connectivity index (χ2n) is 1.80. The molecule has 0 aromatic rings. The number of aliphatic hydroxyl groups is 1. The van der Waals surface area contributed by atoms with Gasteiger partial charge in [0.25, 0.3) is 0 Å². The minimum atomic E-state index is 0.133. The van der Waals surface area contributed by atoms with Crippen LogP contribution >= 0.6 is 0 Å². The molecular formula is C8H17O4. The first-order valence-electron chi connectivity index (χ1n) is 3.95. The zero-order valence-corrected chi connectivity index (χ0v) is 7.66. The van der Waals surface area contributed by atoms with Gasteiger partial charge in [0.15, 0.2) is 0 Å². The van der Waals surface area contributed by atoms with E-state index >= 15 is 0 Å². The van der Waals surface area contributed by atoms with Gasteiger partial charge in [0, 0.05) is 11.9 Å². The largest absolute Gasteiger partial charge is 0.394 e. The first kappa shape index (κ1) is 14.0. The van der Waals surface area contributed by atoms with E-state index in [2.05, 4.69) is 4.89 Å². The lowest BCUT2D eigenvalue weighted by Gasteiger charge is -1.91. The highest BCUT2D eigenvalue weighted by molar-refractivity contribution is 4.68. The number of rotatable bonds is 5. The smallest absolute Gasteiger partial charge is 0.129 e. The lowest BCUT2D eigenvalue weighted by Crippen LogP contribution is -1.96. The van der Waals surface area contributed by atoms with Crippen LogP contribution in [0.5, 0.6) is 0 Å². The molecule has 4 heteroatoms. The van der Waals surface area contributed by atoms with E-state index in [1.165, 1.54) is 0 Å². The molecule has 0 atom stereocenters. The molecule has 0 saturated carbocycles. The van der Waals surface area contributed by atoms with Crippen LogP contribution in [0.15, 0.2) is 12.3 Å². The Hall–Kier alpha value is -0.580. The van der Waals surface area contributed by atoms with E-state index in [0.717, 1.165) is 12.7 Å². The van der Waals surface area contributed by atoms with Crippen molar-refractivity contribution in [1.29, 1.82) is 0 Å². The Bertz CT molecular complexity index is 73.1. The van der Waals surface area contributed by atoms with E-state index in [-0.39, 0.29) is 6.61 Å². The molecule has 0 saturated heterocycles. The molecule has 0 aromatic heterocycles. The molecule has 0 aromatic carbocycles. The fourth-order valence-corrected chi connectivity index (χ4v) is 0.344. The molecule has 12 heavy (non-hydrogen) atoms. The Labute approximate surface area is 73.4 Å². The SMILES string of the molecule is CCC=CO[O].CCOCCO. The van der Waals surface area contributed by atoms with E-state index in [4.69, 9.17) is 15.1 Å². The van der Waals surface area contributed by atoms with Crippen LogP contribution in [0, 0.1) is 0 Å². The summed E-state index contributed by atoms with van der Waals surface area (Å²) in [7, 11) is 0. The van der Waals surface area contributed by atoms with Crippen LogP contribution in [0.3, 0.4) is 0 Å². The molecule has 0 spiro atoms. The maximum atomic E-state index is 9.10. The Morgan fingerprint density at radius 3 is 2.25 bits per heavy atom. The molecule has 0 aliphatic rings. The average molecular weight is 177 g/mol. The Morgan fingerprint density at radius 1 is 1.42 bits per heavy atom. The third-order valence-electron chi connectivity index (χ3n) is 0.827. The first-order valence-corrected chi connectivity index (χ1v) is 3.95. The number of ether oxygens (including phenoxy) is 1. The molecule has 0 aliphatic carbocycles.